The van der Waals surface area contributed by atoms with Gasteiger partial charge in [0.05, 0.1) is 5.41 Å². The molecule has 1 aromatic carbocycles. The van der Waals surface area contributed by atoms with Crippen LogP contribution in [0, 0.1) is 5.41 Å². The van der Waals surface area contributed by atoms with Gasteiger partial charge in [0.15, 0.2) is 0 Å². The third-order valence-electron chi connectivity index (χ3n) is 3.41. The van der Waals surface area contributed by atoms with Gasteiger partial charge in [-0.3, -0.25) is 4.79 Å². The highest BCUT2D eigenvalue weighted by Crippen LogP contribution is 2.74. The molecule has 0 aliphatic heterocycles. The summed E-state index contributed by atoms with van der Waals surface area (Å²) in [5.41, 5.74) is 0.387. The lowest BCUT2D eigenvalue weighted by Gasteiger charge is -2.05. The molecule has 3 heteroatoms. The van der Waals surface area contributed by atoms with E-state index in [1.165, 1.54) is 0 Å². The number of hydrogen-bond acceptors (Lipinski definition) is 1. The third-order valence-corrected chi connectivity index (χ3v) is 4.63. The SMILES string of the molecule is CC(=O)C1(C)C(c2ccccc2)C1(Cl)Cl. The Bertz CT molecular complexity index is 399. The van der Waals surface area contributed by atoms with Gasteiger partial charge in [-0.15, -0.1) is 0 Å². The van der Waals surface area contributed by atoms with Gasteiger partial charge in [-0.2, -0.15) is 0 Å². The van der Waals surface area contributed by atoms with E-state index in [-0.39, 0.29) is 11.7 Å². The lowest BCUT2D eigenvalue weighted by molar-refractivity contribution is -0.121. The average Bonchev–Trinajstić information content (AvgIpc) is 2.64. The highest BCUT2D eigenvalue weighted by atomic mass is 35.5. The molecular weight excluding hydrogens is 231 g/mol. The van der Waals surface area contributed by atoms with Gasteiger partial charge in [-0.25, -0.2) is 0 Å². The molecule has 1 nitrogen and oxygen atoms in total. The monoisotopic (exact) mass is 242 g/mol. The summed E-state index contributed by atoms with van der Waals surface area (Å²) in [5.74, 6) is -0.0478. The van der Waals surface area contributed by atoms with Crippen molar-refractivity contribution in [2.75, 3.05) is 0 Å². The van der Waals surface area contributed by atoms with Crippen LogP contribution >= 0.6 is 23.2 Å². The second-order valence-electron chi connectivity index (χ2n) is 4.23. The van der Waals surface area contributed by atoms with Crippen LogP contribution in [-0.2, 0) is 4.79 Å². The molecule has 1 aliphatic carbocycles. The van der Waals surface area contributed by atoms with Crippen LogP contribution in [0.3, 0.4) is 0 Å². The Morgan fingerprint density at radius 2 is 1.80 bits per heavy atom. The van der Waals surface area contributed by atoms with Crippen LogP contribution in [0.5, 0.6) is 0 Å². The quantitative estimate of drug-likeness (QED) is 0.726. The van der Waals surface area contributed by atoms with Gasteiger partial charge in [-0.05, 0) is 19.4 Å². The van der Waals surface area contributed by atoms with Crippen LogP contribution < -0.4 is 0 Å². The number of Topliss-reactive ketones (excluding diaryl/α,β-unsaturated/α-hetero) is 1. The van der Waals surface area contributed by atoms with Crippen molar-refractivity contribution in [2.24, 2.45) is 5.41 Å². The first kappa shape index (κ1) is 11.0. The largest absolute Gasteiger partial charge is 0.299 e. The van der Waals surface area contributed by atoms with E-state index < -0.39 is 9.75 Å². The van der Waals surface area contributed by atoms with Crippen LogP contribution in [0.25, 0.3) is 0 Å². The van der Waals surface area contributed by atoms with Crippen molar-refractivity contribution in [2.45, 2.75) is 24.1 Å². The highest BCUT2D eigenvalue weighted by Gasteiger charge is 2.76. The molecule has 2 atom stereocenters. The van der Waals surface area contributed by atoms with E-state index in [4.69, 9.17) is 23.2 Å². The first-order valence-corrected chi connectivity index (χ1v) is 5.61. The smallest absolute Gasteiger partial charge is 0.139 e. The summed E-state index contributed by atoms with van der Waals surface area (Å²) in [6.45, 7) is 3.37. The zero-order valence-corrected chi connectivity index (χ0v) is 10.1. The van der Waals surface area contributed by atoms with Crippen LogP contribution in [0.2, 0.25) is 0 Å². The van der Waals surface area contributed by atoms with Crippen molar-refractivity contribution < 1.29 is 4.79 Å². The Kier molecular flexibility index (Phi) is 2.36. The van der Waals surface area contributed by atoms with E-state index in [0.717, 1.165) is 5.56 Å². The molecule has 80 valence electrons. The molecule has 15 heavy (non-hydrogen) atoms. The number of ketones is 1. The Labute approximate surface area is 99.4 Å². The maximum atomic E-state index is 11.6. The Morgan fingerprint density at radius 3 is 2.20 bits per heavy atom. The van der Waals surface area contributed by atoms with E-state index in [1.807, 2.05) is 37.3 Å². The highest BCUT2D eigenvalue weighted by molar-refractivity contribution is 6.54. The van der Waals surface area contributed by atoms with Crippen molar-refractivity contribution in [3.63, 3.8) is 0 Å². The summed E-state index contributed by atoms with van der Waals surface area (Å²) in [6, 6.07) is 9.70. The summed E-state index contributed by atoms with van der Waals surface area (Å²) < 4.78 is -0.958. The van der Waals surface area contributed by atoms with Gasteiger partial charge < -0.3 is 0 Å². The van der Waals surface area contributed by atoms with Gasteiger partial charge in [0.2, 0.25) is 0 Å². The topological polar surface area (TPSA) is 17.1 Å². The molecule has 0 N–H and O–H groups in total. The van der Waals surface area contributed by atoms with E-state index in [2.05, 4.69) is 0 Å². The van der Waals surface area contributed by atoms with Crippen molar-refractivity contribution in [3.8, 4) is 0 Å². The van der Waals surface area contributed by atoms with Crippen LogP contribution in [0.1, 0.15) is 25.3 Å². The summed E-state index contributed by atoms with van der Waals surface area (Å²) in [5, 5.41) is 0. The number of hydrogen-bond donors (Lipinski definition) is 0. The van der Waals surface area contributed by atoms with Crippen LogP contribution in [0.15, 0.2) is 30.3 Å². The summed E-state index contributed by atoms with van der Waals surface area (Å²) in [7, 11) is 0. The first-order chi connectivity index (χ1) is 6.92. The fourth-order valence-electron chi connectivity index (χ4n) is 2.16. The normalized spacial score (nSPS) is 32.4. The molecular formula is C12H12Cl2O. The maximum absolute atomic E-state index is 11.6. The minimum Gasteiger partial charge on any atom is -0.299 e. The number of alkyl halides is 2. The lowest BCUT2D eigenvalue weighted by Crippen LogP contribution is -2.14. The molecule has 0 saturated heterocycles. The molecule has 2 rings (SSSR count). The van der Waals surface area contributed by atoms with Gasteiger partial charge in [0.1, 0.15) is 10.1 Å². The number of carbonyl (C=O) groups excluding carboxylic acids is 1. The van der Waals surface area contributed by atoms with Crippen molar-refractivity contribution >= 4 is 29.0 Å². The Hall–Kier alpha value is -0.530. The molecule has 0 bridgehead atoms. The predicted molar refractivity (Wildman–Crippen MR) is 62.4 cm³/mol. The predicted octanol–water partition coefficient (Wildman–Crippen LogP) is 3.55. The van der Waals surface area contributed by atoms with Crippen molar-refractivity contribution in [1.29, 1.82) is 0 Å². The second kappa shape index (κ2) is 3.23. The number of halogens is 2. The lowest BCUT2D eigenvalue weighted by atomic mass is 9.97. The maximum Gasteiger partial charge on any atom is 0.139 e. The van der Waals surface area contributed by atoms with Gasteiger partial charge in [0, 0.05) is 5.92 Å². The van der Waals surface area contributed by atoms with E-state index in [1.54, 1.807) is 6.92 Å². The molecule has 1 saturated carbocycles. The zero-order valence-electron chi connectivity index (χ0n) is 8.63. The molecule has 0 aromatic heterocycles. The molecule has 0 amide bonds. The second-order valence-corrected chi connectivity index (χ2v) is 5.61. The summed E-state index contributed by atoms with van der Waals surface area (Å²) in [6.07, 6.45) is 0. The fraction of sp³-hybridized carbons (Fsp3) is 0.417. The molecule has 1 aliphatic rings. The van der Waals surface area contributed by atoms with Crippen molar-refractivity contribution in [3.05, 3.63) is 35.9 Å². The molecule has 0 radical (unpaired) electrons. The zero-order chi connectivity index (χ0) is 11.3. The number of benzene rings is 1. The van der Waals surface area contributed by atoms with E-state index in [9.17, 15) is 4.79 Å². The summed E-state index contributed by atoms with van der Waals surface area (Å²) in [4.78, 5) is 11.6. The molecule has 1 aromatic rings. The van der Waals surface area contributed by atoms with Crippen molar-refractivity contribution in [1.82, 2.24) is 0 Å². The van der Waals surface area contributed by atoms with Crippen LogP contribution in [-0.4, -0.2) is 10.1 Å². The van der Waals surface area contributed by atoms with E-state index >= 15 is 0 Å². The third kappa shape index (κ3) is 1.33. The van der Waals surface area contributed by atoms with Crippen LogP contribution in [0.4, 0.5) is 0 Å². The van der Waals surface area contributed by atoms with Gasteiger partial charge in [-0.1, -0.05) is 53.5 Å². The Morgan fingerprint density at radius 1 is 1.27 bits per heavy atom. The van der Waals surface area contributed by atoms with E-state index in [0.29, 0.717) is 0 Å². The molecule has 2 unspecified atom stereocenters. The minimum atomic E-state index is -0.958. The first-order valence-electron chi connectivity index (χ1n) is 4.86. The molecule has 0 heterocycles. The minimum absolute atomic E-state index is 0.0429. The molecule has 0 spiro atoms. The number of carbonyl (C=O) groups is 1. The average molecular weight is 243 g/mol. The molecule has 1 fully saturated rings. The fourth-order valence-corrected chi connectivity index (χ4v) is 3.22. The van der Waals surface area contributed by atoms with Gasteiger partial charge in [0.25, 0.3) is 0 Å². The van der Waals surface area contributed by atoms with Gasteiger partial charge >= 0.3 is 0 Å². The standard InChI is InChI=1S/C12H12Cl2O/c1-8(15)11(2)10(12(11,13)14)9-6-4-3-5-7-9/h3-7,10H,1-2H3. The summed E-state index contributed by atoms with van der Waals surface area (Å²) >= 11 is 12.4. The number of rotatable bonds is 2. The Balaban J connectivity index is 2.39.